The van der Waals surface area contributed by atoms with Crippen molar-refractivity contribution in [1.82, 2.24) is 4.31 Å². The first kappa shape index (κ1) is 9.16. The maximum Gasteiger partial charge on any atom is 0.236 e. The molecular weight excluding hydrogens is 152 g/mol. The predicted octanol–water partition coefficient (Wildman–Crippen LogP) is 0.0496. The van der Waals surface area contributed by atoms with Crippen molar-refractivity contribution in [2.45, 2.75) is 0 Å². The van der Waals surface area contributed by atoms with E-state index in [0.717, 1.165) is 10.6 Å². The van der Waals surface area contributed by atoms with E-state index in [9.17, 15) is 8.42 Å². The third kappa shape index (κ3) is 2.63. The molecule has 0 aliphatic rings. The molecule has 5 heteroatoms. The lowest BCUT2D eigenvalue weighted by molar-refractivity contribution is 0.572. The average Bonchev–Trinajstić information content (AvgIpc) is 1.80. The van der Waals surface area contributed by atoms with E-state index in [4.69, 9.17) is 0 Å². The van der Waals surface area contributed by atoms with Crippen LogP contribution in [0.25, 0.3) is 0 Å². The summed E-state index contributed by atoms with van der Waals surface area (Å²) in [6.45, 7) is 3.30. The largest absolute Gasteiger partial charge is 0.278 e. The summed E-state index contributed by atoms with van der Waals surface area (Å²) in [5.74, 6) is 0. The van der Waals surface area contributed by atoms with Crippen LogP contribution in [0.3, 0.4) is 0 Å². The van der Waals surface area contributed by atoms with E-state index in [1.807, 2.05) is 0 Å². The zero-order valence-corrected chi connectivity index (χ0v) is 6.80. The van der Waals surface area contributed by atoms with E-state index in [1.54, 1.807) is 0 Å². The van der Waals surface area contributed by atoms with Crippen LogP contribution >= 0.6 is 0 Å². The molecule has 58 valence electrons. The summed E-state index contributed by atoms with van der Waals surface area (Å²) in [6, 6.07) is 0. The zero-order chi connectivity index (χ0) is 8.20. The number of hydrogen-bond donors (Lipinski definition) is 0. The molecule has 0 aromatic carbocycles. The summed E-state index contributed by atoms with van der Waals surface area (Å²) < 4.78 is 22.4. The molecule has 10 heavy (non-hydrogen) atoms. The Labute approximate surface area is 60.9 Å². The highest BCUT2D eigenvalue weighted by Gasteiger charge is 2.06. The Morgan fingerprint density at radius 3 is 2.20 bits per heavy atom. The number of rotatable bonds is 3. The lowest BCUT2D eigenvalue weighted by Crippen LogP contribution is -2.22. The molecule has 0 spiro atoms. The average molecular weight is 162 g/mol. The molecule has 0 aromatic heterocycles. The molecule has 0 radical (unpaired) electrons. The second-order valence-electron chi connectivity index (χ2n) is 1.65. The summed E-state index contributed by atoms with van der Waals surface area (Å²) >= 11 is 0. The number of nitrogens with zero attached hydrogens (tertiary/aromatic N) is 2. The second kappa shape index (κ2) is 3.36. The van der Waals surface area contributed by atoms with Gasteiger partial charge < -0.3 is 0 Å². The molecule has 0 unspecified atom stereocenters. The van der Waals surface area contributed by atoms with Gasteiger partial charge in [-0.25, -0.2) is 12.7 Å². The monoisotopic (exact) mass is 162 g/mol. The minimum atomic E-state index is -3.21. The number of aliphatic imine (C=N–C) groups is 1. The standard InChI is InChI=1S/C5H10N2O2S/c1-4-7(5-6-2)10(3,8)9/h4-5H,1H2,2-3H3. The molecule has 4 nitrogen and oxygen atoms in total. The van der Waals surface area contributed by atoms with Crippen LogP contribution in [-0.2, 0) is 10.0 Å². The summed E-state index contributed by atoms with van der Waals surface area (Å²) in [7, 11) is -1.72. The summed E-state index contributed by atoms with van der Waals surface area (Å²) in [5, 5.41) is 0. The highest BCUT2D eigenvalue weighted by molar-refractivity contribution is 7.88. The topological polar surface area (TPSA) is 49.7 Å². The SMILES string of the molecule is C=CN(C=NC)S(C)(=O)=O. The van der Waals surface area contributed by atoms with Gasteiger partial charge in [0.15, 0.2) is 0 Å². The third-order valence-electron chi connectivity index (χ3n) is 0.792. The van der Waals surface area contributed by atoms with Crippen LogP contribution in [-0.4, -0.2) is 32.4 Å². The highest BCUT2D eigenvalue weighted by atomic mass is 32.2. The van der Waals surface area contributed by atoms with Crippen molar-refractivity contribution in [3.63, 3.8) is 0 Å². The quantitative estimate of drug-likeness (QED) is 0.435. The molecular formula is C5H10N2O2S. The van der Waals surface area contributed by atoms with E-state index in [-0.39, 0.29) is 0 Å². The lowest BCUT2D eigenvalue weighted by Gasteiger charge is -2.08. The first-order chi connectivity index (χ1) is 4.52. The fourth-order valence-electron chi connectivity index (χ4n) is 0.382. The fourth-order valence-corrected chi connectivity index (χ4v) is 0.918. The van der Waals surface area contributed by atoms with Gasteiger partial charge in [0.2, 0.25) is 10.0 Å². The molecule has 0 amide bonds. The molecule has 0 aliphatic heterocycles. The van der Waals surface area contributed by atoms with Crippen molar-refractivity contribution in [3.8, 4) is 0 Å². The van der Waals surface area contributed by atoms with E-state index >= 15 is 0 Å². The normalized spacial score (nSPS) is 11.8. The van der Waals surface area contributed by atoms with Crippen LogP contribution in [0.5, 0.6) is 0 Å². The van der Waals surface area contributed by atoms with Crippen molar-refractivity contribution >= 4 is 16.4 Å². The molecule has 0 atom stereocenters. The Hall–Kier alpha value is -0.840. The molecule has 0 fully saturated rings. The van der Waals surface area contributed by atoms with Gasteiger partial charge in [-0.3, -0.25) is 4.99 Å². The first-order valence-corrected chi connectivity index (χ1v) is 4.40. The van der Waals surface area contributed by atoms with Gasteiger partial charge >= 0.3 is 0 Å². The van der Waals surface area contributed by atoms with E-state index < -0.39 is 10.0 Å². The third-order valence-corrected chi connectivity index (χ3v) is 1.80. The molecule has 0 heterocycles. The van der Waals surface area contributed by atoms with Gasteiger partial charge in [0.1, 0.15) is 6.34 Å². The van der Waals surface area contributed by atoms with E-state index in [1.165, 1.54) is 19.6 Å². The number of hydrogen-bond acceptors (Lipinski definition) is 3. The van der Waals surface area contributed by atoms with Crippen molar-refractivity contribution in [3.05, 3.63) is 12.8 Å². The van der Waals surface area contributed by atoms with Crippen molar-refractivity contribution in [1.29, 1.82) is 0 Å². The van der Waals surface area contributed by atoms with Gasteiger partial charge in [0, 0.05) is 13.2 Å². The molecule has 0 rings (SSSR count). The van der Waals surface area contributed by atoms with Crippen molar-refractivity contribution in [2.24, 2.45) is 4.99 Å². The predicted molar refractivity (Wildman–Crippen MR) is 41.3 cm³/mol. The van der Waals surface area contributed by atoms with Gasteiger partial charge in [-0.15, -0.1) is 0 Å². The molecule has 0 saturated heterocycles. The van der Waals surface area contributed by atoms with Crippen LogP contribution in [0, 0.1) is 0 Å². The Balaban J connectivity index is 4.54. The van der Waals surface area contributed by atoms with Crippen LogP contribution < -0.4 is 0 Å². The van der Waals surface area contributed by atoms with Gasteiger partial charge in [-0.2, -0.15) is 0 Å². The molecule has 0 aromatic rings. The zero-order valence-electron chi connectivity index (χ0n) is 5.98. The first-order valence-electron chi connectivity index (χ1n) is 2.55. The maximum absolute atomic E-state index is 10.7. The Bertz CT molecular complexity index is 230. The van der Waals surface area contributed by atoms with Gasteiger partial charge in [-0.05, 0) is 0 Å². The number of sulfonamides is 1. The Kier molecular flexibility index (Phi) is 3.08. The Morgan fingerprint density at radius 2 is 2.10 bits per heavy atom. The van der Waals surface area contributed by atoms with E-state index in [0.29, 0.717) is 0 Å². The second-order valence-corrected chi connectivity index (χ2v) is 3.54. The van der Waals surface area contributed by atoms with Crippen LogP contribution in [0.1, 0.15) is 0 Å². The smallest absolute Gasteiger partial charge is 0.236 e. The highest BCUT2D eigenvalue weighted by Crippen LogP contribution is 1.92. The maximum atomic E-state index is 10.7. The minimum absolute atomic E-state index is 0.938. The molecule has 0 saturated carbocycles. The van der Waals surface area contributed by atoms with Crippen molar-refractivity contribution in [2.75, 3.05) is 13.3 Å². The lowest BCUT2D eigenvalue weighted by atomic mass is 11.0. The fraction of sp³-hybridized carbons (Fsp3) is 0.400. The molecule has 0 aliphatic carbocycles. The van der Waals surface area contributed by atoms with Crippen LogP contribution in [0.15, 0.2) is 17.8 Å². The summed E-state index contributed by atoms with van der Waals surface area (Å²) in [4.78, 5) is 3.52. The van der Waals surface area contributed by atoms with Gasteiger partial charge in [0.25, 0.3) is 0 Å². The minimum Gasteiger partial charge on any atom is -0.278 e. The molecule has 0 N–H and O–H groups in total. The van der Waals surface area contributed by atoms with Gasteiger partial charge in [0.05, 0.1) is 6.26 Å². The van der Waals surface area contributed by atoms with Crippen molar-refractivity contribution < 1.29 is 8.42 Å². The Morgan fingerprint density at radius 1 is 1.60 bits per heavy atom. The molecule has 0 bridgehead atoms. The van der Waals surface area contributed by atoms with Crippen LogP contribution in [0.4, 0.5) is 0 Å². The summed E-state index contributed by atoms with van der Waals surface area (Å²) in [6.07, 6.45) is 3.45. The van der Waals surface area contributed by atoms with E-state index in [2.05, 4.69) is 11.6 Å². The van der Waals surface area contributed by atoms with Gasteiger partial charge in [-0.1, -0.05) is 6.58 Å². The summed E-state index contributed by atoms with van der Waals surface area (Å²) in [5.41, 5.74) is 0. The van der Waals surface area contributed by atoms with Crippen LogP contribution in [0.2, 0.25) is 0 Å².